The summed E-state index contributed by atoms with van der Waals surface area (Å²) in [6.45, 7) is 0. The number of carbonyl (C=O) groups is 2. The molecule has 0 aliphatic heterocycles. The first-order valence-corrected chi connectivity index (χ1v) is 9.60. The maximum absolute atomic E-state index is 13.0. The van der Waals surface area contributed by atoms with Gasteiger partial charge in [-0.05, 0) is 60.3 Å². The van der Waals surface area contributed by atoms with Crippen LogP contribution in [0.2, 0.25) is 0 Å². The molecule has 1 heterocycles. The molecular weight excluding hydrogens is 395 g/mol. The van der Waals surface area contributed by atoms with Gasteiger partial charge in [-0.25, -0.2) is 4.39 Å². The van der Waals surface area contributed by atoms with Gasteiger partial charge in [0.1, 0.15) is 5.82 Å². The van der Waals surface area contributed by atoms with E-state index in [4.69, 9.17) is 4.52 Å². The standard InChI is InChI=1S/C20H19FN4O3S/c1-25(2)20(27)29-16-9-7-15(8-10-16)22-17(26)11-12-18-23-19(24-28-18)13-3-5-14(21)6-4-13/h3-10H,11-12H2,1-2H3,(H,22,26). The fraction of sp³-hybridized carbons (Fsp3) is 0.200. The third-order valence-corrected chi connectivity index (χ3v) is 4.89. The summed E-state index contributed by atoms with van der Waals surface area (Å²) in [4.78, 5) is 30.3. The Balaban J connectivity index is 1.50. The van der Waals surface area contributed by atoms with Gasteiger partial charge in [0, 0.05) is 43.1 Å². The number of aromatic nitrogens is 2. The van der Waals surface area contributed by atoms with Crippen molar-refractivity contribution in [2.45, 2.75) is 17.7 Å². The van der Waals surface area contributed by atoms with E-state index in [-0.39, 0.29) is 29.8 Å². The third kappa shape index (κ3) is 5.89. The van der Waals surface area contributed by atoms with Gasteiger partial charge in [0.25, 0.3) is 5.24 Å². The fourth-order valence-electron chi connectivity index (χ4n) is 2.31. The molecule has 0 atom stereocenters. The molecule has 0 saturated heterocycles. The number of hydrogen-bond acceptors (Lipinski definition) is 6. The molecule has 9 heteroatoms. The van der Waals surface area contributed by atoms with Crippen LogP contribution in [-0.4, -0.2) is 40.3 Å². The molecular formula is C20H19FN4O3S. The molecule has 0 saturated carbocycles. The average molecular weight is 414 g/mol. The first-order valence-electron chi connectivity index (χ1n) is 8.78. The number of nitrogens with one attached hydrogen (secondary N) is 1. The number of rotatable bonds is 6. The van der Waals surface area contributed by atoms with Gasteiger partial charge in [-0.3, -0.25) is 9.59 Å². The van der Waals surface area contributed by atoms with Crippen LogP contribution in [0.1, 0.15) is 12.3 Å². The summed E-state index contributed by atoms with van der Waals surface area (Å²) in [6, 6.07) is 12.8. The number of thioether (sulfide) groups is 1. The Hall–Kier alpha value is -3.20. The summed E-state index contributed by atoms with van der Waals surface area (Å²) in [5, 5.41) is 6.57. The average Bonchev–Trinajstić information content (AvgIpc) is 3.17. The zero-order chi connectivity index (χ0) is 20.8. The van der Waals surface area contributed by atoms with E-state index in [0.29, 0.717) is 23.0 Å². The van der Waals surface area contributed by atoms with Crippen molar-refractivity contribution in [2.75, 3.05) is 19.4 Å². The summed E-state index contributed by atoms with van der Waals surface area (Å²) in [5.41, 5.74) is 1.27. The zero-order valence-electron chi connectivity index (χ0n) is 15.9. The van der Waals surface area contributed by atoms with Gasteiger partial charge in [-0.2, -0.15) is 4.98 Å². The summed E-state index contributed by atoms with van der Waals surface area (Å²) in [6.07, 6.45) is 0.450. The van der Waals surface area contributed by atoms with E-state index >= 15 is 0 Å². The molecule has 0 spiro atoms. The number of amides is 2. The second kappa shape index (κ2) is 9.33. The molecule has 0 fully saturated rings. The van der Waals surface area contributed by atoms with Crippen molar-refractivity contribution in [1.82, 2.24) is 15.0 Å². The summed E-state index contributed by atoms with van der Waals surface area (Å²) in [5.74, 6) is 0.135. The van der Waals surface area contributed by atoms with Crippen LogP contribution in [0.25, 0.3) is 11.4 Å². The molecule has 7 nitrogen and oxygen atoms in total. The fourth-order valence-corrected chi connectivity index (χ4v) is 2.97. The molecule has 1 N–H and O–H groups in total. The highest BCUT2D eigenvalue weighted by atomic mass is 32.2. The quantitative estimate of drug-likeness (QED) is 0.608. The Morgan fingerprint density at radius 2 is 1.79 bits per heavy atom. The van der Waals surface area contributed by atoms with Gasteiger partial charge >= 0.3 is 0 Å². The van der Waals surface area contributed by atoms with Gasteiger partial charge in [0.2, 0.25) is 17.6 Å². The summed E-state index contributed by atoms with van der Waals surface area (Å²) in [7, 11) is 3.38. The maximum Gasteiger partial charge on any atom is 0.285 e. The highest BCUT2D eigenvalue weighted by molar-refractivity contribution is 8.13. The van der Waals surface area contributed by atoms with Crippen LogP contribution in [0.15, 0.2) is 57.9 Å². The van der Waals surface area contributed by atoms with Gasteiger partial charge in [0.05, 0.1) is 0 Å². The molecule has 3 aromatic rings. The monoisotopic (exact) mass is 414 g/mol. The lowest BCUT2D eigenvalue weighted by Crippen LogP contribution is -2.16. The van der Waals surface area contributed by atoms with Crippen LogP contribution in [0, 0.1) is 5.82 Å². The predicted molar refractivity (Wildman–Crippen MR) is 108 cm³/mol. The minimum absolute atomic E-state index is 0.0682. The molecule has 2 amide bonds. The van der Waals surface area contributed by atoms with Gasteiger partial charge < -0.3 is 14.7 Å². The molecule has 0 aliphatic carbocycles. The lowest BCUT2D eigenvalue weighted by molar-refractivity contribution is -0.116. The molecule has 150 valence electrons. The van der Waals surface area contributed by atoms with Crippen LogP contribution in [0.5, 0.6) is 0 Å². The molecule has 29 heavy (non-hydrogen) atoms. The van der Waals surface area contributed by atoms with E-state index in [2.05, 4.69) is 15.5 Å². The first kappa shape index (κ1) is 20.5. The van der Waals surface area contributed by atoms with Crippen molar-refractivity contribution in [3.05, 3.63) is 60.2 Å². The lowest BCUT2D eigenvalue weighted by Gasteiger charge is -2.09. The molecule has 3 rings (SSSR count). The van der Waals surface area contributed by atoms with Crippen LogP contribution < -0.4 is 5.32 Å². The van der Waals surface area contributed by atoms with Crippen LogP contribution in [-0.2, 0) is 11.2 Å². The van der Waals surface area contributed by atoms with Crippen molar-refractivity contribution in [3.63, 3.8) is 0 Å². The molecule has 2 aromatic carbocycles. The van der Waals surface area contributed by atoms with E-state index in [1.54, 1.807) is 50.5 Å². The minimum Gasteiger partial charge on any atom is -0.339 e. The number of benzene rings is 2. The Morgan fingerprint density at radius 3 is 2.45 bits per heavy atom. The third-order valence-electron chi connectivity index (χ3n) is 3.84. The molecule has 0 bridgehead atoms. The number of hydrogen-bond donors (Lipinski definition) is 1. The topological polar surface area (TPSA) is 88.3 Å². The number of carbonyl (C=O) groups excluding carboxylic acids is 2. The second-order valence-corrected chi connectivity index (χ2v) is 7.38. The number of nitrogens with zero attached hydrogens (tertiary/aromatic N) is 3. The Morgan fingerprint density at radius 1 is 1.10 bits per heavy atom. The van der Waals surface area contributed by atoms with Crippen LogP contribution in [0.3, 0.4) is 0 Å². The van der Waals surface area contributed by atoms with Crippen LogP contribution in [0.4, 0.5) is 14.9 Å². The van der Waals surface area contributed by atoms with E-state index in [9.17, 15) is 14.0 Å². The van der Waals surface area contributed by atoms with Crippen molar-refractivity contribution < 1.29 is 18.5 Å². The normalized spacial score (nSPS) is 10.6. The SMILES string of the molecule is CN(C)C(=O)Sc1ccc(NC(=O)CCc2nc(-c3ccc(F)cc3)no2)cc1. The molecule has 0 unspecified atom stereocenters. The predicted octanol–water partition coefficient (Wildman–Crippen LogP) is 4.22. The van der Waals surface area contributed by atoms with Crippen molar-refractivity contribution in [2.24, 2.45) is 0 Å². The van der Waals surface area contributed by atoms with Crippen LogP contribution >= 0.6 is 11.8 Å². The second-order valence-electron chi connectivity index (χ2n) is 6.35. The Bertz CT molecular complexity index is 988. The number of anilines is 1. The van der Waals surface area contributed by atoms with E-state index < -0.39 is 0 Å². The van der Waals surface area contributed by atoms with E-state index in [1.165, 1.54) is 17.0 Å². The van der Waals surface area contributed by atoms with Gasteiger partial charge in [-0.1, -0.05) is 5.16 Å². The zero-order valence-corrected chi connectivity index (χ0v) is 16.7. The first-order chi connectivity index (χ1) is 13.9. The van der Waals surface area contributed by atoms with E-state index in [0.717, 1.165) is 16.7 Å². The largest absolute Gasteiger partial charge is 0.339 e. The molecule has 0 aliphatic rings. The number of halogens is 1. The van der Waals surface area contributed by atoms with Gasteiger partial charge in [-0.15, -0.1) is 0 Å². The maximum atomic E-state index is 13.0. The Labute approximate surface area is 171 Å². The van der Waals surface area contributed by atoms with Crippen molar-refractivity contribution >= 4 is 28.6 Å². The molecule has 1 aromatic heterocycles. The lowest BCUT2D eigenvalue weighted by atomic mass is 10.2. The summed E-state index contributed by atoms with van der Waals surface area (Å²) < 4.78 is 18.1. The van der Waals surface area contributed by atoms with Crippen molar-refractivity contribution in [3.8, 4) is 11.4 Å². The summed E-state index contributed by atoms with van der Waals surface area (Å²) >= 11 is 1.11. The smallest absolute Gasteiger partial charge is 0.285 e. The Kier molecular flexibility index (Phi) is 6.61. The van der Waals surface area contributed by atoms with Gasteiger partial charge in [0.15, 0.2) is 0 Å². The minimum atomic E-state index is -0.343. The highest BCUT2D eigenvalue weighted by Gasteiger charge is 2.12. The highest BCUT2D eigenvalue weighted by Crippen LogP contribution is 2.22. The number of aryl methyl sites for hydroxylation is 1. The van der Waals surface area contributed by atoms with E-state index in [1.807, 2.05) is 0 Å². The van der Waals surface area contributed by atoms with Crippen molar-refractivity contribution in [1.29, 1.82) is 0 Å². The molecule has 0 radical (unpaired) electrons.